The summed E-state index contributed by atoms with van der Waals surface area (Å²) >= 11 is 6.79. The van der Waals surface area contributed by atoms with Gasteiger partial charge in [0, 0.05) is 43.1 Å². The fraction of sp³-hybridized carbons (Fsp3) is 0.240. The number of thiocarbonyl (C=S) groups is 1. The molecule has 3 aromatic rings. The monoisotopic (exact) mass is 478 g/mol. The van der Waals surface area contributed by atoms with Crippen LogP contribution in [0.25, 0.3) is 0 Å². The number of amides is 2. The van der Waals surface area contributed by atoms with Crippen molar-refractivity contribution in [3.8, 4) is 0 Å². The van der Waals surface area contributed by atoms with Crippen molar-refractivity contribution >= 4 is 51.9 Å². The maximum Gasteiger partial charge on any atom is 0.264 e. The largest absolute Gasteiger partial charge is 0.368 e. The molecule has 1 aromatic heterocycles. The standard InChI is InChI=1S/C25H26N4O2S2/c1-17-5-6-19(16-18(17)2)23(30)27-25(32)26-20-7-9-21(10-8-20)28-11-13-29(14-12-28)24(31)22-4-3-15-33-22/h3-10,15-16H,11-14H2,1-2H3,(H2,26,27,30,32). The second kappa shape index (κ2) is 10.1. The Labute approximate surface area is 203 Å². The number of anilines is 2. The molecule has 2 amide bonds. The van der Waals surface area contributed by atoms with Crippen LogP contribution in [0, 0.1) is 13.8 Å². The van der Waals surface area contributed by atoms with Gasteiger partial charge in [0.2, 0.25) is 0 Å². The lowest BCUT2D eigenvalue weighted by molar-refractivity contribution is 0.0751. The average molecular weight is 479 g/mol. The average Bonchev–Trinajstić information content (AvgIpc) is 3.36. The first-order valence-electron chi connectivity index (χ1n) is 10.8. The molecule has 2 N–H and O–H groups in total. The smallest absolute Gasteiger partial charge is 0.264 e. The van der Waals surface area contributed by atoms with Gasteiger partial charge in [0.05, 0.1) is 4.88 Å². The van der Waals surface area contributed by atoms with E-state index in [0.717, 1.165) is 40.5 Å². The van der Waals surface area contributed by atoms with E-state index < -0.39 is 0 Å². The number of benzene rings is 2. The second-order valence-corrected chi connectivity index (χ2v) is 9.37. The minimum absolute atomic E-state index is 0.112. The molecule has 0 spiro atoms. The van der Waals surface area contributed by atoms with Crippen LogP contribution in [-0.2, 0) is 0 Å². The van der Waals surface area contributed by atoms with Crippen molar-refractivity contribution in [2.75, 3.05) is 36.4 Å². The molecule has 4 rings (SSSR count). The van der Waals surface area contributed by atoms with Crippen molar-refractivity contribution in [2.45, 2.75) is 13.8 Å². The SMILES string of the molecule is Cc1ccc(C(=O)NC(=S)Nc2ccc(N3CCN(C(=O)c4cccs4)CC3)cc2)cc1C. The van der Waals surface area contributed by atoms with Crippen LogP contribution in [0.3, 0.4) is 0 Å². The number of hydrogen-bond acceptors (Lipinski definition) is 5. The van der Waals surface area contributed by atoms with E-state index in [1.54, 1.807) is 6.07 Å². The van der Waals surface area contributed by atoms with E-state index in [1.165, 1.54) is 11.3 Å². The lowest BCUT2D eigenvalue weighted by Crippen LogP contribution is -2.48. The number of thiophene rings is 1. The topological polar surface area (TPSA) is 64.7 Å². The molecule has 0 atom stereocenters. The van der Waals surface area contributed by atoms with Gasteiger partial charge in [-0.1, -0.05) is 12.1 Å². The molecule has 0 bridgehead atoms. The molecular weight excluding hydrogens is 452 g/mol. The Kier molecular flexibility index (Phi) is 7.05. The number of piperazine rings is 1. The Morgan fingerprint density at radius 3 is 2.30 bits per heavy atom. The van der Waals surface area contributed by atoms with Crippen molar-refractivity contribution in [3.05, 3.63) is 81.5 Å². The van der Waals surface area contributed by atoms with Gasteiger partial charge < -0.3 is 15.1 Å². The quantitative estimate of drug-likeness (QED) is 0.543. The van der Waals surface area contributed by atoms with Gasteiger partial charge in [0.15, 0.2) is 5.11 Å². The van der Waals surface area contributed by atoms with Gasteiger partial charge in [0.25, 0.3) is 11.8 Å². The van der Waals surface area contributed by atoms with Crippen molar-refractivity contribution in [3.63, 3.8) is 0 Å². The first kappa shape index (κ1) is 22.9. The maximum atomic E-state index is 12.5. The van der Waals surface area contributed by atoms with Gasteiger partial charge in [-0.2, -0.15) is 0 Å². The third-order valence-corrected chi connectivity index (χ3v) is 6.85. The molecule has 2 aromatic carbocycles. The van der Waals surface area contributed by atoms with E-state index in [1.807, 2.05) is 72.7 Å². The van der Waals surface area contributed by atoms with Crippen LogP contribution in [0.4, 0.5) is 11.4 Å². The molecule has 2 heterocycles. The molecule has 0 unspecified atom stereocenters. The number of carbonyl (C=O) groups is 2. The van der Waals surface area contributed by atoms with Gasteiger partial charge in [-0.3, -0.25) is 14.9 Å². The Bertz CT molecular complexity index is 1150. The Hall–Kier alpha value is -3.23. The summed E-state index contributed by atoms with van der Waals surface area (Å²) in [7, 11) is 0. The molecule has 1 aliphatic rings. The summed E-state index contributed by atoms with van der Waals surface area (Å²) < 4.78 is 0. The lowest BCUT2D eigenvalue weighted by Gasteiger charge is -2.36. The van der Waals surface area contributed by atoms with Crippen LogP contribution in [0.5, 0.6) is 0 Å². The van der Waals surface area contributed by atoms with Crippen molar-refractivity contribution in [1.82, 2.24) is 10.2 Å². The van der Waals surface area contributed by atoms with Crippen molar-refractivity contribution < 1.29 is 9.59 Å². The molecule has 170 valence electrons. The summed E-state index contributed by atoms with van der Waals surface area (Å²) in [6.07, 6.45) is 0. The first-order valence-corrected chi connectivity index (χ1v) is 12.1. The predicted octanol–water partition coefficient (Wildman–Crippen LogP) is 4.45. The van der Waals surface area contributed by atoms with Gasteiger partial charge in [0.1, 0.15) is 0 Å². The normalized spacial score (nSPS) is 13.5. The van der Waals surface area contributed by atoms with Crippen molar-refractivity contribution in [2.24, 2.45) is 0 Å². The molecule has 6 nitrogen and oxygen atoms in total. The minimum Gasteiger partial charge on any atom is -0.368 e. The zero-order valence-electron chi connectivity index (χ0n) is 18.6. The Morgan fingerprint density at radius 1 is 0.939 bits per heavy atom. The van der Waals surface area contributed by atoms with Crippen LogP contribution in [0.15, 0.2) is 60.0 Å². The summed E-state index contributed by atoms with van der Waals surface area (Å²) in [5.74, 6) is -0.122. The number of hydrogen-bond donors (Lipinski definition) is 2. The molecule has 1 aliphatic heterocycles. The van der Waals surface area contributed by atoms with Crippen LogP contribution in [0.1, 0.15) is 31.2 Å². The highest BCUT2D eigenvalue weighted by atomic mass is 32.1. The number of nitrogens with zero attached hydrogens (tertiary/aromatic N) is 2. The van der Waals surface area contributed by atoms with E-state index in [0.29, 0.717) is 18.7 Å². The van der Waals surface area contributed by atoms with Gasteiger partial charge >= 0.3 is 0 Å². The molecule has 1 fully saturated rings. The first-order chi connectivity index (χ1) is 15.9. The molecule has 0 aliphatic carbocycles. The van der Waals surface area contributed by atoms with Crippen LogP contribution in [0.2, 0.25) is 0 Å². The number of carbonyl (C=O) groups excluding carboxylic acids is 2. The second-order valence-electron chi connectivity index (χ2n) is 8.01. The van der Waals surface area contributed by atoms with Crippen LogP contribution < -0.4 is 15.5 Å². The summed E-state index contributed by atoms with van der Waals surface area (Å²) in [5, 5.41) is 7.98. The van der Waals surface area contributed by atoms with E-state index in [2.05, 4.69) is 15.5 Å². The lowest BCUT2D eigenvalue weighted by atomic mass is 10.1. The molecular formula is C25H26N4O2S2. The van der Waals surface area contributed by atoms with Gasteiger partial charge in [-0.05, 0) is 85.0 Å². The van der Waals surface area contributed by atoms with Gasteiger partial charge in [-0.15, -0.1) is 11.3 Å². The zero-order chi connectivity index (χ0) is 23.4. The fourth-order valence-corrected chi connectivity index (χ4v) is 4.60. The van der Waals surface area contributed by atoms with E-state index >= 15 is 0 Å². The van der Waals surface area contributed by atoms with E-state index in [9.17, 15) is 9.59 Å². The Morgan fingerprint density at radius 2 is 1.67 bits per heavy atom. The molecule has 33 heavy (non-hydrogen) atoms. The summed E-state index contributed by atoms with van der Waals surface area (Å²) in [4.78, 5) is 29.9. The minimum atomic E-state index is -0.234. The Balaban J connectivity index is 1.28. The zero-order valence-corrected chi connectivity index (χ0v) is 20.3. The van der Waals surface area contributed by atoms with E-state index in [-0.39, 0.29) is 16.9 Å². The van der Waals surface area contributed by atoms with E-state index in [4.69, 9.17) is 12.2 Å². The molecule has 0 radical (unpaired) electrons. The van der Waals surface area contributed by atoms with Crippen LogP contribution in [-0.4, -0.2) is 48.0 Å². The van der Waals surface area contributed by atoms with Crippen LogP contribution >= 0.6 is 23.6 Å². The van der Waals surface area contributed by atoms with Crippen molar-refractivity contribution in [1.29, 1.82) is 0 Å². The van der Waals surface area contributed by atoms with Gasteiger partial charge in [-0.25, -0.2) is 0 Å². The predicted molar refractivity (Wildman–Crippen MR) is 138 cm³/mol. The number of nitrogens with one attached hydrogen (secondary N) is 2. The third kappa shape index (κ3) is 5.58. The highest BCUT2D eigenvalue weighted by molar-refractivity contribution is 7.80. The number of rotatable bonds is 4. The third-order valence-electron chi connectivity index (χ3n) is 5.79. The number of aryl methyl sites for hydroxylation is 2. The highest BCUT2D eigenvalue weighted by Crippen LogP contribution is 2.21. The summed E-state index contributed by atoms with van der Waals surface area (Å²) in [6.45, 7) is 6.96. The molecule has 8 heteroatoms. The highest BCUT2D eigenvalue weighted by Gasteiger charge is 2.22. The molecule has 1 saturated heterocycles. The fourth-order valence-electron chi connectivity index (χ4n) is 3.70. The molecule has 0 saturated carbocycles. The maximum absolute atomic E-state index is 12.5. The summed E-state index contributed by atoms with van der Waals surface area (Å²) in [6, 6.07) is 17.3. The summed E-state index contributed by atoms with van der Waals surface area (Å²) in [5.41, 5.74) is 4.68.